The van der Waals surface area contributed by atoms with Crippen molar-refractivity contribution in [2.24, 2.45) is 0 Å². The number of nitrogens with one attached hydrogen (secondary N) is 1. The summed E-state index contributed by atoms with van der Waals surface area (Å²) in [6.07, 6.45) is 0. The number of benzene rings is 3. The Labute approximate surface area is 146 Å². The Morgan fingerprint density at radius 1 is 0.920 bits per heavy atom. The molecule has 0 aliphatic carbocycles. The average Bonchev–Trinajstić information content (AvgIpc) is 2.68. The van der Waals surface area contributed by atoms with Gasteiger partial charge in [-0.25, -0.2) is 0 Å². The molecule has 0 aromatic heterocycles. The predicted octanol–water partition coefficient (Wildman–Crippen LogP) is 4.39. The predicted molar refractivity (Wildman–Crippen MR) is 96.3 cm³/mol. The Balaban J connectivity index is 1.58. The summed E-state index contributed by atoms with van der Waals surface area (Å²) in [5, 5.41) is 11.6. The number of rotatable bonds is 5. The molecule has 0 fully saturated rings. The van der Waals surface area contributed by atoms with Gasteiger partial charge in [0, 0.05) is 11.3 Å². The third kappa shape index (κ3) is 4.46. The molecule has 0 saturated heterocycles. The number of carbonyl (C=O) groups excluding carboxylic acids is 1. The fourth-order valence-electron chi connectivity index (χ4n) is 2.27. The molecule has 4 heteroatoms. The lowest BCUT2D eigenvalue weighted by atomic mass is 10.1. The highest BCUT2D eigenvalue weighted by molar-refractivity contribution is 6.04. The van der Waals surface area contributed by atoms with E-state index in [1.165, 1.54) is 0 Å². The van der Waals surface area contributed by atoms with Gasteiger partial charge in [0.15, 0.2) is 0 Å². The van der Waals surface area contributed by atoms with Crippen LogP contribution in [-0.2, 0) is 6.61 Å². The summed E-state index contributed by atoms with van der Waals surface area (Å²) in [6.45, 7) is 0.498. The molecule has 0 bridgehead atoms. The summed E-state index contributed by atoms with van der Waals surface area (Å²) in [7, 11) is 0. The third-order valence-corrected chi connectivity index (χ3v) is 3.64. The van der Waals surface area contributed by atoms with Crippen molar-refractivity contribution < 1.29 is 9.53 Å². The second-order valence-electron chi connectivity index (χ2n) is 5.44. The molecule has 3 rings (SSSR count). The number of hydrogen-bond acceptors (Lipinski definition) is 3. The van der Waals surface area contributed by atoms with Gasteiger partial charge in [-0.15, -0.1) is 0 Å². The first-order valence-corrected chi connectivity index (χ1v) is 7.83. The summed E-state index contributed by atoms with van der Waals surface area (Å²) in [6, 6.07) is 25.7. The van der Waals surface area contributed by atoms with Gasteiger partial charge in [0.2, 0.25) is 0 Å². The van der Waals surface area contributed by atoms with E-state index in [0.29, 0.717) is 23.4 Å². The molecule has 3 aromatic rings. The number of carbonyl (C=O) groups is 1. The number of nitrogens with zero attached hydrogens (tertiary/aromatic N) is 1. The smallest absolute Gasteiger partial charge is 0.255 e. The van der Waals surface area contributed by atoms with Crippen LogP contribution < -0.4 is 10.1 Å². The molecular weight excluding hydrogens is 312 g/mol. The molecule has 122 valence electrons. The van der Waals surface area contributed by atoms with E-state index in [1.807, 2.05) is 48.5 Å². The Morgan fingerprint density at radius 2 is 1.60 bits per heavy atom. The maximum atomic E-state index is 12.2. The Morgan fingerprint density at radius 3 is 2.24 bits per heavy atom. The average molecular weight is 328 g/mol. The van der Waals surface area contributed by atoms with Crippen molar-refractivity contribution in [3.63, 3.8) is 0 Å². The lowest BCUT2D eigenvalue weighted by Crippen LogP contribution is -2.11. The highest BCUT2D eigenvalue weighted by Crippen LogP contribution is 2.18. The van der Waals surface area contributed by atoms with E-state index in [2.05, 4.69) is 5.32 Å². The van der Waals surface area contributed by atoms with E-state index >= 15 is 0 Å². The Bertz CT molecular complexity index is 880. The maximum Gasteiger partial charge on any atom is 0.255 e. The molecule has 0 spiro atoms. The van der Waals surface area contributed by atoms with Crippen LogP contribution in [0.5, 0.6) is 5.75 Å². The van der Waals surface area contributed by atoms with E-state index < -0.39 is 0 Å². The van der Waals surface area contributed by atoms with Crippen LogP contribution in [0.1, 0.15) is 21.5 Å². The minimum atomic E-state index is -0.220. The van der Waals surface area contributed by atoms with Crippen molar-refractivity contribution in [3.05, 3.63) is 95.6 Å². The number of hydrogen-bond donors (Lipinski definition) is 1. The molecule has 0 atom stereocenters. The maximum absolute atomic E-state index is 12.2. The number of anilines is 1. The van der Waals surface area contributed by atoms with Crippen LogP contribution in [-0.4, -0.2) is 5.91 Å². The van der Waals surface area contributed by atoms with Gasteiger partial charge in [-0.2, -0.15) is 5.26 Å². The lowest BCUT2D eigenvalue weighted by Gasteiger charge is -2.08. The SMILES string of the molecule is N#Cc1ccc(C(=O)Nc2ccc(OCc3ccccc3)cc2)cc1. The Hall–Kier alpha value is -3.58. The molecular formula is C21H16N2O2. The number of amides is 1. The molecule has 1 N–H and O–H groups in total. The largest absolute Gasteiger partial charge is 0.489 e. The third-order valence-electron chi connectivity index (χ3n) is 3.64. The summed E-state index contributed by atoms with van der Waals surface area (Å²) in [5.41, 5.74) is 2.81. The van der Waals surface area contributed by atoms with Crippen molar-refractivity contribution in [2.75, 3.05) is 5.32 Å². The number of nitriles is 1. The zero-order valence-corrected chi connectivity index (χ0v) is 13.5. The molecule has 0 aliphatic heterocycles. The molecule has 0 heterocycles. The highest BCUT2D eigenvalue weighted by atomic mass is 16.5. The summed E-state index contributed by atoms with van der Waals surface area (Å²) in [4.78, 5) is 12.2. The first-order chi connectivity index (χ1) is 12.2. The van der Waals surface area contributed by atoms with Gasteiger partial charge < -0.3 is 10.1 Å². The quantitative estimate of drug-likeness (QED) is 0.755. The fraction of sp³-hybridized carbons (Fsp3) is 0.0476. The molecule has 0 saturated carbocycles. The van der Waals surface area contributed by atoms with Gasteiger partial charge in [0.1, 0.15) is 12.4 Å². The zero-order chi connectivity index (χ0) is 17.5. The first kappa shape index (κ1) is 16.3. The van der Waals surface area contributed by atoms with E-state index in [9.17, 15) is 4.79 Å². The van der Waals surface area contributed by atoms with Crippen molar-refractivity contribution in [2.45, 2.75) is 6.61 Å². The lowest BCUT2D eigenvalue weighted by molar-refractivity contribution is 0.102. The highest BCUT2D eigenvalue weighted by Gasteiger charge is 2.06. The number of ether oxygens (including phenoxy) is 1. The monoisotopic (exact) mass is 328 g/mol. The topological polar surface area (TPSA) is 62.1 Å². The van der Waals surface area contributed by atoms with E-state index in [-0.39, 0.29) is 5.91 Å². The van der Waals surface area contributed by atoms with Gasteiger partial charge in [0.25, 0.3) is 5.91 Å². The second-order valence-corrected chi connectivity index (χ2v) is 5.44. The second kappa shape index (κ2) is 7.80. The first-order valence-electron chi connectivity index (χ1n) is 7.83. The molecule has 25 heavy (non-hydrogen) atoms. The van der Waals surface area contributed by atoms with Crippen molar-refractivity contribution >= 4 is 11.6 Å². The van der Waals surface area contributed by atoms with Crippen LogP contribution in [0.3, 0.4) is 0 Å². The van der Waals surface area contributed by atoms with Crippen LogP contribution in [0.2, 0.25) is 0 Å². The normalized spacial score (nSPS) is 9.88. The van der Waals surface area contributed by atoms with Gasteiger partial charge in [-0.3, -0.25) is 4.79 Å². The molecule has 0 aliphatic rings. The Kier molecular flexibility index (Phi) is 5.08. The van der Waals surface area contributed by atoms with Crippen LogP contribution in [0.4, 0.5) is 5.69 Å². The van der Waals surface area contributed by atoms with Crippen LogP contribution in [0, 0.1) is 11.3 Å². The molecule has 4 nitrogen and oxygen atoms in total. The molecule has 0 unspecified atom stereocenters. The van der Waals surface area contributed by atoms with E-state index in [4.69, 9.17) is 10.00 Å². The zero-order valence-electron chi connectivity index (χ0n) is 13.5. The van der Waals surface area contributed by atoms with Crippen molar-refractivity contribution in [3.8, 4) is 11.8 Å². The van der Waals surface area contributed by atoms with Crippen LogP contribution in [0.15, 0.2) is 78.9 Å². The summed E-state index contributed by atoms with van der Waals surface area (Å²) in [5.74, 6) is 0.516. The van der Waals surface area contributed by atoms with Gasteiger partial charge in [0.05, 0.1) is 11.6 Å². The standard InChI is InChI=1S/C21H16N2O2/c22-14-16-6-8-18(9-7-16)21(24)23-19-10-12-20(13-11-19)25-15-17-4-2-1-3-5-17/h1-13H,15H2,(H,23,24). The van der Waals surface area contributed by atoms with Gasteiger partial charge in [-0.05, 0) is 54.1 Å². The summed E-state index contributed by atoms with van der Waals surface area (Å²) < 4.78 is 5.72. The van der Waals surface area contributed by atoms with E-state index in [0.717, 1.165) is 11.3 Å². The minimum absolute atomic E-state index is 0.220. The van der Waals surface area contributed by atoms with Crippen molar-refractivity contribution in [1.82, 2.24) is 0 Å². The van der Waals surface area contributed by atoms with Crippen LogP contribution in [0.25, 0.3) is 0 Å². The van der Waals surface area contributed by atoms with Gasteiger partial charge in [-0.1, -0.05) is 30.3 Å². The molecule has 3 aromatic carbocycles. The van der Waals surface area contributed by atoms with Gasteiger partial charge >= 0.3 is 0 Å². The van der Waals surface area contributed by atoms with Crippen molar-refractivity contribution in [1.29, 1.82) is 5.26 Å². The minimum Gasteiger partial charge on any atom is -0.489 e. The van der Waals surface area contributed by atoms with E-state index in [1.54, 1.807) is 36.4 Å². The summed E-state index contributed by atoms with van der Waals surface area (Å²) >= 11 is 0. The van der Waals surface area contributed by atoms with Crippen LogP contribution >= 0.6 is 0 Å². The fourth-order valence-corrected chi connectivity index (χ4v) is 2.27. The molecule has 0 radical (unpaired) electrons. The molecule has 1 amide bonds.